The number of nitrogens with one attached hydrogen (secondary N) is 1. The van der Waals surface area contributed by atoms with E-state index in [1.165, 1.54) is 30.4 Å². The van der Waals surface area contributed by atoms with Crippen LogP contribution in [0.15, 0.2) is 24.3 Å². The topological polar surface area (TPSA) is 12.0 Å². The molecule has 2 rings (SSSR count). The van der Waals surface area contributed by atoms with Gasteiger partial charge < -0.3 is 5.32 Å². The molecule has 1 aliphatic rings. The van der Waals surface area contributed by atoms with Crippen LogP contribution in [0.5, 0.6) is 0 Å². The molecule has 1 heteroatoms. The molecule has 1 aromatic carbocycles. The van der Waals surface area contributed by atoms with Crippen molar-refractivity contribution in [2.45, 2.75) is 44.6 Å². The second-order valence-electron chi connectivity index (χ2n) is 4.96. The first kappa shape index (κ1) is 10.7. The van der Waals surface area contributed by atoms with Crippen LogP contribution >= 0.6 is 0 Å². The van der Waals surface area contributed by atoms with Gasteiger partial charge in [0.1, 0.15) is 0 Å². The van der Waals surface area contributed by atoms with Gasteiger partial charge in [-0.25, -0.2) is 0 Å². The number of benzene rings is 1. The fraction of sp³-hybridized carbons (Fsp3) is 0.571. The first-order chi connectivity index (χ1) is 7.18. The summed E-state index contributed by atoms with van der Waals surface area (Å²) in [5.41, 5.74) is 3.18. The largest absolute Gasteiger partial charge is 0.310 e. The van der Waals surface area contributed by atoms with Crippen molar-refractivity contribution in [1.82, 2.24) is 5.32 Å². The smallest absolute Gasteiger partial charge is 0.0432 e. The molecule has 15 heavy (non-hydrogen) atoms. The summed E-state index contributed by atoms with van der Waals surface area (Å²) in [7, 11) is 2.08. The highest BCUT2D eigenvalue weighted by molar-refractivity contribution is 5.31. The van der Waals surface area contributed by atoms with Crippen LogP contribution in [0.2, 0.25) is 0 Å². The van der Waals surface area contributed by atoms with Crippen LogP contribution in [-0.4, -0.2) is 7.05 Å². The van der Waals surface area contributed by atoms with E-state index < -0.39 is 0 Å². The van der Waals surface area contributed by atoms with E-state index in [9.17, 15) is 0 Å². The second-order valence-corrected chi connectivity index (χ2v) is 4.96. The van der Waals surface area contributed by atoms with Crippen molar-refractivity contribution >= 4 is 0 Å². The van der Waals surface area contributed by atoms with Crippen LogP contribution in [0.25, 0.3) is 0 Å². The van der Waals surface area contributed by atoms with Gasteiger partial charge in [-0.15, -0.1) is 0 Å². The summed E-state index contributed by atoms with van der Waals surface area (Å²) >= 11 is 0. The predicted molar refractivity (Wildman–Crippen MR) is 65.1 cm³/mol. The van der Waals surface area contributed by atoms with Gasteiger partial charge in [0.25, 0.3) is 0 Å². The normalized spacial score (nSPS) is 18.9. The summed E-state index contributed by atoms with van der Waals surface area (Å²) in [5.74, 6) is 0.631. The third-order valence-electron chi connectivity index (χ3n) is 3.82. The lowest BCUT2D eigenvalue weighted by atomic mass is 9.72. The van der Waals surface area contributed by atoms with Crippen molar-refractivity contribution in [2.75, 3.05) is 7.05 Å². The van der Waals surface area contributed by atoms with Crippen LogP contribution in [0.3, 0.4) is 0 Å². The van der Waals surface area contributed by atoms with Crippen molar-refractivity contribution < 1.29 is 0 Å². The molecule has 1 nitrogen and oxygen atoms in total. The van der Waals surface area contributed by atoms with Gasteiger partial charge in [-0.05, 0) is 43.4 Å². The Hall–Kier alpha value is -0.820. The standard InChI is InChI=1S/C14H21N/c1-11(2)12-5-7-13(8-6-12)14(15-3)9-4-10-14/h5-8,11,15H,4,9-10H2,1-3H3. The number of rotatable bonds is 3. The zero-order valence-electron chi connectivity index (χ0n) is 10.0. The van der Waals surface area contributed by atoms with Crippen LogP contribution in [0, 0.1) is 0 Å². The molecule has 0 aromatic heterocycles. The average Bonchev–Trinajstić information content (AvgIpc) is 2.18. The number of hydrogen-bond donors (Lipinski definition) is 1. The summed E-state index contributed by atoms with van der Waals surface area (Å²) in [4.78, 5) is 0. The molecule has 0 amide bonds. The van der Waals surface area contributed by atoms with Crippen LogP contribution in [-0.2, 0) is 5.54 Å². The van der Waals surface area contributed by atoms with E-state index in [4.69, 9.17) is 0 Å². The lowest BCUT2D eigenvalue weighted by Gasteiger charge is -2.42. The fourth-order valence-corrected chi connectivity index (χ4v) is 2.40. The third-order valence-corrected chi connectivity index (χ3v) is 3.82. The summed E-state index contributed by atoms with van der Waals surface area (Å²) in [6.45, 7) is 4.48. The monoisotopic (exact) mass is 203 g/mol. The number of hydrogen-bond acceptors (Lipinski definition) is 1. The van der Waals surface area contributed by atoms with Crippen molar-refractivity contribution in [3.63, 3.8) is 0 Å². The Morgan fingerprint density at radius 2 is 1.73 bits per heavy atom. The molecule has 0 radical (unpaired) electrons. The van der Waals surface area contributed by atoms with Crippen molar-refractivity contribution in [1.29, 1.82) is 0 Å². The molecular formula is C14H21N. The van der Waals surface area contributed by atoms with Gasteiger partial charge in [0.05, 0.1) is 0 Å². The highest BCUT2D eigenvalue weighted by atomic mass is 15.0. The summed E-state index contributed by atoms with van der Waals surface area (Å²) in [5, 5.41) is 3.48. The molecule has 82 valence electrons. The van der Waals surface area contributed by atoms with Crippen molar-refractivity contribution in [2.24, 2.45) is 0 Å². The minimum absolute atomic E-state index is 0.287. The van der Waals surface area contributed by atoms with Gasteiger partial charge in [-0.3, -0.25) is 0 Å². The Labute approximate surface area is 92.9 Å². The molecule has 1 N–H and O–H groups in total. The van der Waals surface area contributed by atoms with Gasteiger partial charge in [0.2, 0.25) is 0 Å². The lowest BCUT2D eigenvalue weighted by Crippen LogP contribution is -2.45. The summed E-state index contributed by atoms with van der Waals surface area (Å²) < 4.78 is 0. The molecule has 1 saturated carbocycles. The minimum Gasteiger partial charge on any atom is -0.310 e. The van der Waals surface area contributed by atoms with Crippen LogP contribution in [0.4, 0.5) is 0 Å². The summed E-state index contributed by atoms with van der Waals surface area (Å²) in [6.07, 6.45) is 3.92. The SMILES string of the molecule is CNC1(c2ccc(C(C)C)cc2)CCC1. The highest BCUT2D eigenvalue weighted by Crippen LogP contribution is 2.40. The molecule has 1 aliphatic carbocycles. The quantitative estimate of drug-likeness (QED) is 0.794. The lowest BCUT2D eigenvalue weighted by molar-refractivity contribution is 0.201. The Balaban J connectivity index is 2.23. The molecule has 0 spiro atoms. The van der Waals surface area contributed by atoms with Crippen LogP contribution < -0.4 is 5.32 Å². The minimum atomic E-state index is 0.287. The maximum atomic E-state index is 3.48. The zero-order valence-corrected chi connectivity index (χ0v) is 10.0. The molecule has 0 unspecified atom stereocenters. The Morgan fingerprint density at radius 3 is 2.07 bits per heavy atom. The predicted octanol–water partition coefficient (Wildman–Crippen LogP) is 3.41. The van der Waals surface area contributed by atoms with Gasteiger partial charge >= 0.3 is 0 Å². The van der Waals surface area contributed by atoms with E-state index in [2.05, 4.69) is 50.5 Å². The molecule has 0 atom stereocenters. The molecule has 1 fully saturated rings. The highest BCUT2D eigenvalue weighted by Gasteiger charge is 2.36. The van der Waals surface area contributed by atoms with Gasteiger partial charge in [0.15, 0.2) is 0 Å². The van der Waals surface area contributed by atoms with E-state index in [1.54, 1.807) is 0 Å². The maximum Gasteiger partial charge on any atom is 0.0432 e. The molecule has 1 aromatic rings. The van der Waals surface area contributed by atoms with E-state index >= 15 is 0 Å². The van der Waals surface area contributed by atoms with Gasteiger partial charge in [-0.1, -0.05) is 38.1 Å². The third kappa shape index (κ3) is 1.81. The maximum absolute atomic E-state index is 3.48. The van der Waals surface area contributed by atoms with E-state index in [-0.39, 0.29) is 5.54 Å². The fourth-order valence-electron chi connectivity index (χ4n) is 2.40. The van der Waals surface area contributed by atoms with E-state index in [1.807, 2.05) is 0 Å². The van der Waals surface area contributed by atoms with Crippen molar-refractivity contribution in [3.8, 4) is 0 Å². The van der Waals surface area contributed by atoms with Crippen LogP contribution in [0.1, 0.15) is 50.2 Å². The molecular weight excluding hydrogens is 182 g/mol. The Bertz CT molecular complexity index is 314. The Kier molecular flexibility index (Phi) is 2.83. The van der Waals surface area contributed by atoms with E-state index in [0.29, 0.717) is 5.92 Å². The molecule has 0 saturated heterocycles. The Morgan fingerprint density at radius 1 is 1.13 bits per heavy atom. The van der Waals surface area contributed by atoms with Gasteiger partial charge in [0, 0.05) is 5.54 Å². The molecule has 0 aliphatic heterocycles. The average molecular weight is 203 g/mol. The van der Waals surface area contributed by atoms with Gasteiger partial charge in [-0.2, -0.15) is 0 Å². The van der Waals surface area contributed by atoms with E-state index in [0.717, 1.165) is 0 Å². The molecule has 0 bridgehead atoms. The zero-order chi connectivity index (χ0) is 10.9. The first-order valence-corrected chi connectivity index (χ1v) is 5.97. The molecule has 0 heterocycles. The second kappa shape index (κ2) is 3.97. The summed E-state index contributed by atoms with van der Waals surface area (Å²) in [6, 6.07) is 9.14. The van der Waals surface area contributed by atoms with Crippen molar-refractivity contribution in [3.05, 3.63) is 35.4 Å². The first-order valence-electron chi connectivity index (χ1n) is 5.97.